The van der Waals surface area contributed by atoms with Crippen LogP contribution in [-0.4, -0.2) is 23.5 Å². The van der Waals surface area contributed by atoms with Crippen LogP contribution in [0.25, 0.3) is 22.3 Å². The SMILES string of the molecule is CCCCCCCCCCCCCCCCCCCCOc1c(-c2ccccc2)cc(N=C(C)c2cccnc2)cc1-c1ccccc1.Cc1cc(C)c(N=C[CH2][Fe])c(C)c1. The zero-order chi connectivity index (χ0) is 43.3. The molecule has 0 saturated carbocycles. The van der Waals surface area contributed by atoms with Crippen LogP contribution in [0.2, 0.25) is 5.32 Å². The molecule has 5 rings (SSSR count). The van der Waals surface area contributed by atoms with Crippen LogP contribution in [0.5, 0.6) is 5.75 Å². The number of hydrogen-bond acceptors (Lipinski definition) is 4. The number of rotatable bonds is 26. The first-order valence-corrected chi connectivity index (χ1v) is 24.2. The van der Waals surface area contributed by atoms with Gasteiger partial charge in [-0.25, -0.2) is 0 Å². The van der Waals surface area contributed by atoms with Crippen molar-refractivity contribution in [3.63, 3.8) is 0 Å². The third-order valence-corrected chi connectivity index (χ3v) is 11.5. The van der Waals surface area contributed by atoms with Crippen LogP contribution < -0.4 is 4.74 Å². The van der Waals surface area contributed by atoms with E-state index in [-0.39, 0.29) is 0 Å². The van der Waals surface area contributed by atoms with E-state index in [4.69, 9.17) is 9.73 Å². The Labute approximate surface area is 379 Å². The van der Waals surface area contributed by atoms with Gasteiger partial charge in [-0.2, -0.15) is 0 Å². The van der Waals surface area contributed by atoms with Crippen LogP contribution in [0.15, 0.2) is 119 Å². The fourth-order valence-electron chi connectivity index (χ4n) is 8.01. The van der Waals surface area contributed by atoms with Crippen molar-refractivity contribution in [3.8, 4) is 28.0 Å². The Bertz CT molecular complexity index is 1910. The first-order chi connectivity index (χ1) is 29.9. The molecule has 327 valence electrons. The van der Waals surface area contributed by atoms with Crippen LogP contribution in [0.3, 0.4) is 0 Å². The summed E-state index contributed by atoms with van der Waals surface area (Å²) in [5.41, 5.74) is 12.2. The quantitative estimate of drug-likeness (QED) is 0.0316. The monoisotopic (exact) mass is 861 g/mol. The van der Waals surface area contributed by atoms with E-state index in [1.165, 1.54) is 126 Å². The van der Waals surface area contributed by atoms with Crippen LogP contribution in [-0.2, 0) is 16.0 Å². The summed E-state index contributed by atoms with van der Waals surface area (Å²) in [5.74, 6) is 0.942. The second kappa shape index (κ2) is 29.9. The van der Waals surface area contributed by atoms with E-state index in [1.54, 1.807) is 6.20 Å². The summed E-state index contributed by atoms with van der Waals surface area (Å²) in [6.45, 7) is 11.4. The van der Waals surface area contributed by atoms with E-state index in [0.717, 1.165) is 69.0 Å². The molecular weight excluding hydrogens is 786 g/mol. The van der Waals surface area contributed by atoms with Crippen molar-refractivity contribution in [2.75, 3.05) is 6.61 Å². The van der Waals surface area contributed by atoms with Gasteiger partial charge in [0, 0.05) is 34.8 Å². The van der Waals surface area contributed by atoms with Gasteiger partial charge < -0.3 is 4.74 Å². The average molecular weight is 861 g/mol. The van der Waals surface area contributed by atoms with Crippen LogP contribution in [0.1, 0.15) is 152 Å². The van der Waals surface area contributed by atoms with Crippen molar-refractivity contribution in [1.29, 1.82) is 0 Å². The third-order valence-electron chi connectivity index (χ3n) is 11.3. The normalized spacial score (nSPS) is 11.5. The zero-order valence-electron chi connectivity index (χ0n) is 38.2. The van der Waals surface area contributed by atoms with Gasteiger partial charge in [-0.05, 0) is 42.7 Å². The number of aryl methyl sites for hydroxylation is 3. The topological polar surface area (TPSA) is 46.8 Å². The van der Waals surface area contributed by atoms with Crippen molar-refractivity contribution in [1.82, 2.24) is 4.98 Å². The molecule has 1 heterocycles. The number of ether oxygens (including phenoxy) is 1. The zero-order valence-corrected chi connectivity index (χ0v) is 39.3. The van der Waals surface area contributed by atoms with Crippen molar-refractivity contribution in [2.45, 2.75) is 156 Å². The molecule has 5 heteroatoms. The fourth-order valence-corrected chi connectivity index (χ4v) is 8.11. The van der Waals surface area contributed by atoms with Crippen molar-refractivity contribution in [2.24, 2.45) is 9.98 Å². The number of nitrogens with zero attached hydrogens (tertiary/aromatic N) is 3. The maximum atomic E-state index is 6.69. The molecule has 1 aromatic heterocycles. The Balaban J connectivity index is 0.000000537. The number of hydrogen-bond donors (Lipinski definition) is 0. The van der Waals surface area contributed by atoms with Gasteiger partial charge in [-0.1, -0.05) is 183 Å². The van der Waals surface area contributed by atoms with E-state index < -0.39 is 0 Å². The molecule has 0 aliphatic heterocycles. The number of pyridine rings is 1. The molecule has 0 aliphatic rings. The third kappa shape index (κ3) is 18.7. The molecule has 0 aliphatic carbocycles. The standard InChI is InChI=1S/C45H60N2O.C11H14N.Fe/c1-3-4-5-6-7-8-9-10-11-12-13-14-15-16-17-18-19-26-34-48-45-43(39-28-22-20-23-29-39)35-42(36-44(45)40-30-24-21-25-31-40)47-38(2)41-32-27-33-46-37-41;1-5-12-11-9(3)6-8(2)7-10(11)4;/h20-25,27-33,35-37H,3-19,26,34H2,1-2H3;5-7H,1H2,2-4H3;. The molecule has 4 aromatic carbocycles. The van der Waals surface area contributed by atoms with Gasteiger partial charge in [0.2, 0.25) is 0 Å². The van der Waals surface area contributed by atoms with Crippen LogP contribution >= 0.6 is 0 Å². The Hall–Kier alpha value is -4.31. The van der Waals surface area contributed by atoms with Crippen molar-refractivity contribution < 1.29 is 20.7 Å². The van der Waals surface area contributed by atoms with Gasteiger partial charge in [0.15, 0.2) is 0 Å². The summed E-state index contributed by atoms with van der Waals surface area (Å²) in [6, 6.07) is 33.8. The molecular formula is C56H74FeN3O. The summed E-state index contributed by atoms with van der Waals surface area (Å²) >= 11 is 3.73. The van der Waals surface area contributed by atoms with E-state index >= 15 is 0 Å². The molecule has 0 amide bonds. The Morgan fingerprint density at radius 2 is 1.08 bits per heavy atom. The molecule has 0 N–H and O–H groups in total. The molecule has 0 unspecified atom stereocenters. The second-order valence-electron chi connectivity index (χ2n) is 16.6. The van der Waals surface area contributed by atoms with Gasteiger partial charge in [0.25, 0.3) is 0 Å². The molecule has 61 heavy (non-hydrogen) atoms. The fraction of sp³-hybridized carbons (Fsp3) is 0.446. The molecule has 0 bridgehead atoms. The summed E-state index contributed by atoms with van der Waals surface area (Å²) in [7, 11) is 0. The number of aliphatic imine (C=N–C) groups is 2. The Kier molecular flexibility index (Phi) is 24.2. The van der Waals surface area contributed by atoms with Crippen LogP contribution in [0, 0.1) is 20.8 Å². The van der Waals surface area contributed by atoms with E-state index in [0.29, 0.717) is 0 Å². The molecule has 5 aromatic rings. The molecule has 0 atom stereocenters. The van der Waals surface area contributed by atoms with Crippen molar-refractivity contribution >= 4 is 23.3 Å². The van der Waals surface area contributed by atoms with Crippen LogP contribution in [0.4, 0.5) is 11.4 Å². The Morgan fingerprint density at radius 1 is 0.607 bits per heavy atom. The van der Waals surface area contributed by atoms with E-state index in [9.17, 15) is 0 Å². The summed E-state index contributed by atoms with van der Waals surface area (Å²) < 4.78 is 6.69. The van der Waals surface area contributed by atoms with Gasteiger partial charge in [-0.3, -0.25) is 9.98 Å². The van der Waals surface area contributed by atoms with E-state index in [2.05, 4.69) is 145 Å². The van der Waals surface area contributed by atoms with Gasteiger partial charge in [-0.15, -0.1) is 0 Å². The van der Waals surface area contributed by atoms with Gasteiger partial charge >= 0.3 is 87.8 Å². The second-order valence-corrected chi connectivity index (χ2v) is 17.1. The average Bonchev–Trinajstić information content (AvgIpc) is 3.28. The first-order valence-electron chi connectivity index (χ1n) is 23.4. The minimum atomic E-state index is 0.718. The molecule has 0 saturated heterocycles. The molecule has 4 nitrogen and oxygen atoms in total. The predicted molar refractivity (Wildman–Crippen MR) is 261 cm³/mol. The predicted octanol–water partition coefficient (Wildman–Crippen LogP) is 17.3. The minimum absolute atomic E-state index is 0.718. The molecule has 0 spiro atoms. The molecule has 0 fully saturated rings. The van der Waals surface area contributed by atoms with Gasteiger partial charge in [0.05, 0.1) is 12.3 Å². The van der Waals surface area contributed by atoms with E-state index in [1.807, 2.05) is 25.4 Å². The maximum absolute atomic E-state index is 6.69. The number of benzene rings is 4. The summed E-state index contributed by atoms with van der Waals surface area (Å²) in [4.78, 5) is 13.7. The summed E-state index contributed by atoms with van der Waals surface area (Å²) in [6.07, 6.45) is 30.3. The van der Waals surface area contributed by atoms with Gasteiger partial charge in [0.1, 0.15) is 5.75 Å². The first kappa shape index (κ1) is 49.3. The Morgan fingerprint density at radius 3 is 1.52 bits per heavy atom. The molecule has 0 radical (unpaired) electrons. The summed E-state index contributed by atoms with van der Waals surface area (Å²) in [5, 5.41) is 0.743. The number of aromatic nitrogens is 1. The van der Waals surface area contributed by atoms with Crippen molar-refractivity contribution in [3.05, 3.63) is 132 Å². The number of unbranched alkanes of at least 4 members (excludes halogenated alkanes) is 17.